The average Bonchev–Trinajstić information content (AvgIpc) is 2.73. The van der Waals surface area contributed by atoms with Gasteiger partial charge in [0.1, 0.15) is 0 Å². The molecule has 2 rings (SSSR count). The Morgan fingerprint density at radius 1 is 1.31 bits per heavy atom. The Hall–Kier alpha value is -0.670. The quantitative estimate of drug-likeness (QED) is 0.288. The molecule has 0 saturated heterocycles. The number of rotatable bonds is 9. The number of benzene rings is 1. The van der Waals surface area contributed by atoms with Crippen molar-refractivity contribution in [3.8, 4) is 0 Å². The van der Waals surface area contributed by atoms with Crippen molar-refractivity contribution in [2.75, 3.05) is 26.4 Å². The number of hydrogen-bond acceptors (Lipinski definition) is 3. The van der Waals surface area contributed by atoms with Crippen molar-refractivity contribution in [1.29, 1.82) is 0 Å². The van der Waals surface area contributed by atoms with Crippen LogP contribution in [0.1, 0.15) is 51.5 Å². The predicted octanol–water partition coefficient (Wildman–Crippen LogP) is 3.76. The molecule has 1 aromatic carbocycles. The molecule has 0 bridgehead atoms. The van der Waals surface area contributed by atoms with Crippen molar-refractivity contribution >= 4 is 40.7 Å². The molecule has 1 fully saturated rings. The van der Waals surface area contributed by atoms with Crippen LogP contribution >= 0.6 is 24.0 Å². The van der Waals surface area contributed by atoms with Gasteiger partial charge in [0.15, 0.2) is 5.96 Å². The first-order chi connectivity index (χ1) is 13.5. The summed E-state index contributed by atoms with van der Waals surface area (Å²) in [4.78, 5) is 6.77. The Bertz CT molecular complexity index is 628. The molecule has 0 spiro atoms. The van der Waals surface area contributed by atoms with Crippen molar-refractivity contribution in [2.24, 2.45) is 4.99 Å². The summed E-state index contributed by atoms with van der Waals surface area (Å²) in [6.07, 6.45) is 5.41. The highest BCUT2D eigenvalue weighted by atomic mass is 127. The van der Waals surface area contributed by atoms with E-state index in [1.165, 1.54) is 5.56 Å². The van der Waals surface area contributed by atoms with Gasteiger partial charge in [0.25, 0.3) is 0 Å². The van der Waals surface area contributed by atoms with Crippen molar-refractivity contribution in [3.63, 3.8) is 0 Å². The summed E-state index contributed by atoms with van der Waals surface area (Å²) in [6, 6.07) is 11.5. The third-order valence-electron chi connectivity index (χ3n) is 5.73. The summed E-state index contributed by atoms with van der Waals surface area (Å²) < 4.78 is 12.1. The maximum Gasteiger partial charge on any atom is 0.191 e. The zero-order chi connectivity index (χ0) is 20.4. The van der Waals surface area contributed by atoms with Crippen LogP contribution in [0.3, 0.4) is 0 Å². The first-order valence-corrected chi connectivity index (χ1v) is 12.0. The highest BCUT2D eigenvalue weighted by Gasteiger charge is 2.26. The molecular weight excluding hydrogens is 495 g/mol. The van der Waals surface area contributed by atoms with E-state index in [1.807, 2.05) is 14.0 Å². The van der Waals surface area contributed by atoms with Crippen LogP contribution in [-0.2, 0) is 17.3 Å². The molecule has 166 valence electrons. The SMILES string of the molecule is CCS(=O)C1CCCC(NC(=NC)NCCC(C)N(C)Cc2ccccc2)C1.I. The summed E-state index contributed by atoms with van der Waals surface area (Å²) in [5, 5.41) is 7.34. The third-order valence-corrected chi connectivity index (χ3v) is 7.47. The number of nitrogens with zero attached hydrogens (tertiary/aromatic N) is 2. The number of aliphatic imine (C=N–C) groups is 1. The largest absolute Gasteiger partial charge is 0.356 e. The smallest absolute Gasteiger partial charge is 0.191 e. The van der Waals surface area contributed by atoms with Crippen molar-refractivity contribution in [2.45, 2.75) is 69.8 Å². The molecule has 4 atom stereocenters. The van der Waals surface area contributed by atoms with Gasteiger partial charge in [-0.25, -0.2) is 0 Å². The molecule has 1 aliphatic carbocycles. The molecule has 0 aromatic heterocycles. The Morgan fingerprint density at radius 2 is 2.03 bits per heavy atom. The molecule has 4 unspecified atom stereocenters. The molecule has 2 N–H and O–H groups in total. The molecule has 5 nitrogen and oxygen atoms in total. The van der Waals surface area contributed by atoms with Crippen LogP contribution in [0.25, 0.3) is 0 Å². The summed E-state index contributed by atoms with van der Waals surface area (Å²) in [5.74, 6) is 1.63. The van der Waals surface area contributed by atoms with E-state index in [4.69, 9.17) is 0 Å². The summed E-state index contributed by atoms with van der Waals surface area (Å²) in [5.41, 5.74) is 1.35. The fourth-order valence-corrected chi connectivity index (χ4v) is 5.13. The minimum absolute atomic E-state index is 0. The van der Waals surface area contributed by atoms with Gasteiger partial charge in [-0.1, -0.05) is 43.7 Å². The van der Waals surface area contributed by atoms with Gasteiger partial charge >= 0.3 is 0 Å². The molecule has 7 heteroatoms. The van der Waals surface area contributed by atoms with Crippen LogP contribution in [0.2, 0.25) is 0 Å². The Morgan fingerprint density at radius 3 is 2.69 bits per heavy atom. The molecular formula is C22H39IN4OS. The second-order valence-electron chi connectivity index (χ2n) is 7.84. The Balaban J connectivity index is 0.00000420. The van der Waals surface area contributed by atoms with Crippen molar-refractivity contribution < 1.29 is 4.21 Å². The molecule has 0 radical (unpaired) electrons. The van der Waals surface area contributed by atoms with E-state index in [0.29, 0.717) is 17.3 Å². The van der Waals surface area contributed by atoms with Gasteiger partial charge in [-0.2, -0.15) is 0 Å². The van der Waals surface area contributed by atoms with Crippen molar-refractivity contribution in [3.05, 3.63) is 35.9 Å². The number of guanidine groups is 1. The summed E-state index contributed by atoms with van der Waals surface area (Å²) >= 11 is 0. The van der Waals surface area contributed by atoms with Gasteiger partial charge in [0, 0.05) is 54.0 Å². The maximum atomic E-state index is 12.1. The number of halogens is 1. The lowest BCUT2D eigenvalue weighted by atomic mass is 9.95. The van der Waals surface area contributed by atoms with Crippen molar-refractivity contribution in [1.82, 2.24) is 15.5 Å². The summed E-state index contributed by atoms with van der Waals surface area (Å²) in [7, 11) is 3.31. The van der Waals surface area contributed by atoms with E-state index in [9.17, 15) is 4.21 Å². The Kier molecular flexibility index (Phi) is 13.1. The highest BCUT2D eigenvalue weighted by Crippen LogP contribution is 2.23. The molecule has 1 aromatic rings. The van der Waals surface area contributed by atoms with Crippen LogP contribution in [0.4, 0.5) is 0 Å². The lowest BCUT2D eigenvalue weighted by Crippen LogP contribution is -2.47. The van der Waals surface area contributed by atoms with Gasteiger partial charge in [-0.15, -0.1) is 24.0 Å². The third kappa shape index (κ3) is 9.34. The van der Waals surface area contributed by atoms with Crippen LogP contribution < -0.4 is 10.6 Å². The minimum atomic E-state index is -0.691. The molecule has 29 heavy (non-hydrogen) atoms. The van der Waals surface area contributed by atoms with Gasteiger partial charge in [0.05, 0.1) is 0 Å². The maximum absolute atomic E-state index is 12.1. The fourth-order valence-electron chi connectivity index (χ4n) is 3.79. The first-order valence-electron chi connectivity index (χ1n) is 10.6. The van der Waals surface area contributed by atoms with Gasteiger partial charge < -0.3 is 10.6 Å². The molecule has 0 aliphatic heterocycles. The average molecular weight is 535 g/mol. The van der Waals surface area contributed by atoms with Crippen LogP contribution in [0.5, 0.6) is 0 Å². The number of hydrogen-bond donors (Lipinski definition) is 2. The zero-order valence-electron chi connectivity index (χ0n) is 18.4. The van der Waals surface area contributed by atoms with E-state index in [2.05, 4.69) is 64.8 Å². The zero-order valence-corrected chi connectivity index (χ0v) is 21.5. The minimum Gasteiger partial charge on any atom is -0.356 e. The lowest BCUT2D eigenvalue weighted by Gasteiger charge is -2.30. The summed E-state index contributed by atoms with van der Waals surface area (Å²) in [6.45, 7) is 6.14. The molecule has 0 amide bonds. The van der Waals surface area contributed by atoms with Crippen LogP contribution in [0.15, 0.2) is 35.3 Å². The highest BCUT2D eigenvalue weighted by molar-refractivity contribution is 14.0. The molecule has 0 heterocycles. The standard InChI is InChI=1S/C22H38N4OS.HI/c1-5-28(27)21-13-9-12-20(16-21)25-22(23-3)24-15-14-18(2)26(4)17-19-10-7-6-8-11-19;/h6-8,10-11,18,20-21H,5,9,12-17H2,1-4H3,(H2,23,24,25);1H. The van der Waals surface area contributed by atoms with Crippen LogP contribution in [0, 0.1) is 0 Å². The van der Waals surface area contributed by atoms with E-state index < -0.39 is 10.8 Å². The predicted molar refractivity (Wildman–Crippen MR) is 137 cm³/mol. The van der Waals surface area contributed by atoms with Gasteiger partial charge in [0.2, 0.25) is 0 Å². The van der Waals surface area contributed by atoms with E-state index in [1.54, 1.807) is 0 Å². The van der Waals surface area contributed by atoms with Crippen LogP contribution in [-0.4, -0.2) is 58.8 Å². The van der Waals surface area contributed by atoms with Gasteiger partial charge in [-0.3, -0.25) is 14.1 Å². The monoisotopic (exact) mass is 534 g/mol. The topological polar surface area (TPSA) is 56.7 Å². The van der Waals surface area contributed by atoms with Gasteiger partial charge in [-0.05, 0) is 45.2 Å². The first kappa shape index (κ1) is 26.4. The number of nitrogens with one attached hydrogen (secondary N) is 2. The Labute approximate surface area is 197 Å². The molecule has 1 aliphatic rings. The fraction of sp³-hybridized carbons (Fsp3) is 0.682. The molecule has 1 saturated carbocycles. The van der Waals surface area contributed by atoms with E-state index >= 15 is 0 Å². The second kappa shape index (κ2) is 14.4. The second-order valence-corrected chi connectivity index (χ2v) is 9.84. The van der Waals surface area contributed by atoms with E-state index in [0.717, 1.165) is 56.9 Å². The van der Waals surface area contributed by atoms with E-state index in [-0.39, 0.29) is 24.0 Å². The normalized spacial score (nSPS) is 21.9. The lowest BCUT2D eigenvalue weighted by molar-refractivity contribution is 0.238.